The van der Waals surface area contributed by atoms with E-state index in [0.717, 1.165) is 6.42 Å². The highest BCUT2D eigenvalue weighted by Gasteiger charge is 2.33. The van der Waals surface area contributed by atoms with Crippen LogP contribution < -0.4 is 5.73 Å². The number of hydrogen-bond donors (Lipinski definition) is 1. The molecule has 1 aliphatic rings. The van der Waals surface area contributed by atoms with E-state index in [0.29, 0.717) is 19.5 Å². The van der Waals surface area contributed by atoms with Gasteiger partial charge in [-0.2, -0.15) is 4.31 Å². The standard InChI is InChI=1S/C13H19N3O4S/c1-2-10-9-15(8-7-13(10)14)21(19,20)12-5-3-11(4-6-12)16(17)18/h3-6,10,13H,2,7-9,14H2,1H3. The van der Waals surface area contributed by atoms with Gasteiger partial charge >= 0.3 is 0 Å². The van der Waals surface area contributed by atoms with Crippen molar-refractivity contribution in [1.29, 1.82) is 0 Å². The zero-order chi connectivity index (χ0) is 15.6. The van der Waals surface area contributed by atoms with E-state index in [1.54, 1.807) is 0 Å². The van der Waals surface area contributed by atoms with Crippen molar-refractivity contribution in [3.63, 3.8) is 0 Å². The number of sulfonamides is 1. The molecule has 0 amide bonds. The molecule has 21 heavy (non-hydrogen) atoms. The summed E-state index contributed by atoms with van der Waals surface area (Å²) in [6, 6.07) is 5.00. The third-order valence-electron chi connectivity index (χ3n) is 3.97. The molecule has 8 heteroatoms. The molecule has 0 aromatic heterocycles. The molecule has 2 unspecified atom stereocenters. The van der Waals surface area contributed by atoms with E-state index in [-0.39, 0.29) is 22.5 Å². The molecule has 116 valence electrons. The van der Waals surface area contributed by atoms with Crippen LogP contribution in [0.5, 0.6) is 0 Å². The van der Waals surface area contributed by atoms with Crippen molar-refractivity contribution in [2.24, 2.45) is 11.7 Å². The highest BCUT2D eigenvalue weighted by Crippen LogP contribution is 2.25. The molecule has 0 aliphatic carbocycles. The van der Waals surface area contributed by atoms with Gasteiger partial charge in [0.05, 0.1) is 9.82 Å². The Morgan fingerprint density at radius 2 is 2.00 bits per heavy atom. The summed E-state index contributed by atoms with van der Waals surface area (Å²) < 4.78 is 26.5. The molecule has 0 bridgehead atoms. The van der Waals surface area contributed by atoms with Gasteiger partial charge in [-0.3, -0.25) is 10.1 Å². The van der Waals surface area contributed by atoms with E-state index in [1.165, 1.54) is 28.6 Å². The summed E-state index contributed by atoms with van der Waals surface area (Å²) in [6.45, 7) is 2.78. The van der Waals surface area contributed by atoms with Crippen molar-refractivity contribution in [1.82, 2.24) is 4.31 Å². The number of hydrogen-bond acceptors (Lipinski definition) is 5. The molecule has 7 nitrogen and oxygen atoms in total. The molecule has 1 saturated heterocycles. The fraction of sp³-hybridized carbons (Fsp3) is 0.538. The number of piperidine rings is 1. The van der Waals surface area contributed by atoms with E-state index in [4.69, 9.17) is 5.73 Å². The van der Waals surface area contributed by atoms with Crippen LogP contribution in [0.25, 0.3) is 0 Å². The van der Waals surface area contributed by atoms with Crippen LogP contribution in [-0.4, -0.2) is 36.8 Å². The van der Waals surface area contributed by atoms with Crippen molar-refractivity contribution in [2.75, 3.05) is 13.1 Å². The largest absolute Gasteiger partial charge is 0.327 e. The smallest absolute Gasteiger partial charge is 0.269 e. The number of nitrogens with two attached hydrogens (primary N) is 1. The molecule has 1 aromatic rings. The van der Waals surface area contributed by atoms with E-state index in [9.17, 15) is 18.5 Å². The average molecular weight is 313 g/mol. The van der Waals surface area contributed by atoms with Gasteiger partial charge in [-0.15, -0.1) is 0 Å². The van der Waals surface area contributed by atoms with Gasteiger partial charge in [0.1, 0.15) is 0 Å². The number of nitrogens with zero attached hydrogens (tertiary/aromatic N) is 2. The van der Waals surface area contributed by atoms with Crippen molar-refractivity contribution in [3.8, 4) is 0 Å². The first-order valence-corrected chi connectivity index (χ1v) is 8.30. The fourth-order valence-corrected chi connectivity index (χ4v) is 4.07. The third-order valence-corrected chi connectivity index (χ3v) is 5.84. The van der Waals surface area contributed by atoms with E-state index < -0.39 is 14.9 Å². The lowest BCUT2D eigenvalue weighted by molar-refractivity contribution is -0.384. The lowest BCUT2D eigenvalue weighted by atomic mass is 9.92. The van der Waals surface area contributed by atoms with Gasteiger partial charge in [-0.05, 0) is 24.5 Å². The van der Waals surface area contributed by atoms with Gasteiger partial charge in [-0.1, -0.05) is 13.3 Å². The van der Waals surface area contributed by atoms with Gasteiger partial charge in [-0.25, -0.2) is 8.42 Å². The van der Waals surface area contributed by atoms with Crippen molar-refractivity contribution in [3.05, 3.63) is 34.4 Å². The second-order valence-electron chi connectivity index (χ2n) is 5.23. The first-order valence-electron chi connectivity index (χ1n) is 6.86. The van der Waals surface area contributed by atoms with Gasteiger partial charge in [0.25, 0.3) is 5.69 Å². The molecule has 0 saturated carbocycles. The highest BCUT2D eigenvalue weighted by molar-refractivity contribution is 7.89. The van der Waals surface area contributed by atoms with Crippen LogP contribution in [0.3, 0.4) is 0 Å². The lowest BCUT2D eigenvalue weighted by Gasteiger charge is -2.35. The summed E-state index contributed by atoms with van der Waals surface area (Å²) in [5, 5.41) is 10.6. The first kappa shape index (κ1) is 15.9. The van der Waals surface area contributed by atoms with Crippen molar-refractivity contribution in [2.45, 2.75) is 30.7 Å². The molecule has 0 spiro atoms. The maximum Gasteiger partial charge on any atom is 0.269 e. The lowest BCUT2D eigenvalue weighted by Crippen LogP contribution is -2.48. The van der Waals surface area contributed by atoms with Crippen LogP contribution in [0.2, 0.25) is 0 Å². The summed E-state index contributed by atoms with van der Waals surface area (Å²) in [4.78, 5) is 10.1. The summed E-state index contributed by atoms with van der Waals surface area (Å²) in [5.41, 5.74) is 5.87. The predicted molar refractivity (Wildman–Crippen MR) is 78.2 cm³/mol. The van der Waals surface area contributed by atoms with Gasteiger partial charge in [0, 0.05) is 31.3 Å². The SMILES string of the molecule is CCC1CN(S(=O)(=O)c2ccc([N+](=O)[O-])cc2)CCC1N. The van der Waals surface area contributed by atoms with Crippen molar-refractivity contribution < 1.29 is 13.3 Å². The molecule has 1 aliphatic heterocycles. The van der Waals surface area contributed by atoms with E-state index in [1.807, 2.05) is 6.92 Å². The minimum absolute atomic E-state index is 0.0262. The number of nitro groups is 1. The molecule has 1 aromatic carbocycles. The molecule has 2 atom stereocenters. The molecule has 2 rings (SSSR count). The van der Waals surface area contributed by atoms with Crippen LogP contribution in [0, 0.1) is 16.0 Å². The third kappa shape index (κ3) is 3.22. The van der Waals surface area contributed by atoms with Crippen LogP contribution in [0.1, 0.15) is 19.8 Å². The molecule has 2 N–H and O–H groups in total. The second-order valence-corrected chi connectivity index (χ2v) is 7.17. The minimum Gasteiger partial charge on any atom is -0.327 e. The maximum absolute atomic E-state index is 12.6. The Labute approximate surface area is 123 Å². The van der Waals surface area contributed by atoms with Gasteiger partial charge in [0.15, 0.2) is 0 Å². The van der Waals surface area contributed by atoms with Crippen LogP contribution in [-0.2, 0) is 10.0 Å². The Bertz CT molecular complexity index is 615. The van der Waals surface area contributed by atoms with E-state index >= 15 is 0 Å². The predicted octanol–water partition coefficient (Wildman–Crippen LogP) is 1.34. The Hall–Kier alpha value is -1.51. The normalized spacial score (nSPS) is 23.9. The Balaban J connectivity index is 2.23. The van der Waals surface area contributed by atoms with Gasteiger partial charge in [0.2, 0.25) is 10.0 Å². The molecule has 1 heterocycles. The molecular formula is C13H19N3O4S. The molecule has 1 fully saturated rings. The van der Waals surface area contributed by atoms with Gasteiger partial charge < -0.3 is 5.73 Å². The quantitative estimate of drug-likeness (QED) is 0.667. The highest BCUT2D eigenvalue weighted by atomic mass is 32.2. The van der Waals surface area contributed by atoms with Crippen LogP contribution >= 0.6 is 0 Å². The average Bonchev–Trinajstić information content (AvgIpc) is 2.47. The van der Waals surface area contributed by atoms with E-state index in [2.05, 4.69) is 0 Å². The zero-order valence-corrected chi connectivity index (χ0v) is 12.6. The van der Waals surface area contributed by atoms with Crippen molar-refractivity contribution >= 4 is 15.7 Å². The summed E-state index contributed by atoms with van der Waals surface area (Å²) >= 11 is 0. The Morgan fingerprint density at radius 3 is 2.52 bits per heavy atom. The monoisotopic (exact) mass is 313 g/mol. The van der Waals surface area contributed by atoms with Crippen LogP contribution in [0.4, 0.5) is 5.69 Å². The summed E-state index contributed by atoms with van der Waals surface area (Å²) in [5.74, 6) is 0.145. The molecular weight excluding hydrogens is 294 g/mol. The first-order chi connectivity index (χ1) is 9.86. The molecule has 0 radical (unpaired) electrons. The topological polar surface area (TPSA) is 107 Å². The number of nitro benzene ring substituents is 1. The number of non-ortho nitro benzene ring substituents is 1. The fourth-order valence-electron chi connectivity index (χ4n) is 2.56. The number of benzene rings is 1. The maximum atomic E-state index is 12.6. The van der Waals surface area contributed by atoms with Crippen LogP contribution in [0.15, 0.2) is 29.2 Å². The summed E-state index contributed by atoms with van der Waals surface area (Å²) in [6.07, 6.45) is 1.46. The zero-order valence-electron chi connectivity index (χ0n) is 11.8. The Morgan fingerprint density at radius 1 is 1.38 bits per heavy atom. The summed E-state index contributed by atoms with van der Waals surface area (Å²) in [7, 11) is -3.62. The second kappa shape index (κ2) is 6.08. The minimum atomic E-state index is -3.62. The Kier molecular flexibility index (Phi) is 4.60. The number of rotatable bonds is 4.